The van der Waals surface area contributed by atoms with Crippen molar-refractivity contribution in [3.05, 3.63) is 23.8 Å². The van der Waals surface area contributed by atoms with E-state index < -0.39 is 12.0 Å². The molecule has 3 rings (SSSR count). The molecule has 0 spiro atoms. The highest BCUT2D eigenvalue weighted by molar-refractivity contribution is 5.85. The van der Waals surface area contributed by atoms with Gasteiger partial charge in [-0.05, 0) is 17.7 Å². The van der Waals surface area contributed by atoms with E-state index in [0.717, 1.165) is 5.56 Å². The van der Waals surface area contributed by atoms with Crippen LogP contribution in [0.25, 0.3) is 0 Å². The Morgan fingerprint density at radius 1 is 1.36 bits per heavy atom. The molecular formula is C15H17NO6. The van der Waals surface area contributed by atoms with Crippen molar-refractivity contribution in [1.29, 1.82) is 0 Å². The fourth-order valence-corrected chi connectivity index (χ4v) is 2.81. The molecule has 1 N–H and O–H groups in total. The number of hydrogen-bond acceptors (Lipinski definition) is 5. The second-order valence-corrected chi connectivity index (χ2v) is 5.36. The maximum atomic E-state index is 12.4. The van der Waals surface area contributed by atoms with E-state index in [1.54, 1.807) is 18.2 Å². The van der Waals surface area contributed by atoms with E-state index in [1.807, 2.05) is 0 Å². The number of hydrogen-bond donors (Lipinski definition) is 1. The summed E-state index contributed by atoms with van der Waals surface area (Å²) in [5.74, 6) is 0.0286. The molecule has 1 amide bonds. The van der Waals surface area contributed by atoms with Crippen molar-refractivity contribution in [3.8, 4) is 11.5 Å². The first-order valence-corrected chi connectivity index (χ1v) is 7.02. The van der Waals surface area contributed by atoms with Gasteiger partial charge in [0.25, 0.3) is 0 Å². The van der Waals surface area contributed by atoms with Crippen LogP contribution in [0.15, 0.2) is 18.2 Å². The average molecular weight is 307 g/mol. The number of methoxy groups -OCH3 is 1. The number of carbonyl (C=O) groups excluding carboxylic acids is 1. The molecule has 2 unspecified atom stereocenters. The van der Waals surface area contributed by atoms with Gasteiger partial charge in [0.2, 0.25) is 12.7 Å². The quantitative estimate of drug-likeness (QED) is 0.879. The van der Waals surface area contributed by atoms with Crippen LogP contribution in [0.2, 0.25) is 0 Å². The first kappa shape index (κ1) is 14.6. The molecule has 0 bridgehead atoms. The third-order valence-electron chi connectivity index (χ3n) is 3.99. The maximum Gasteiger partial charge on any atom is 0.326 e. The van der Waals surface area contributed by atoms with Crippen LogP contribution in [0, 0.1) is 0 Å². The van der Waals surface area contributed by atoms with Gasteiger partial charge in [-0.3, -0.25) is 4.79 Å². The van der Waals surface area contributed by atoms with E-state index in [4.69, 9.17) is 14.2 Å². The summed E-state index contributed by atoms with van der Waals surface area (Å²) in [6, 6.07) is 4.46. The van der Waals surface area contributed by atoms with Gasteiger partial charge in [0, 0.05) is 20.1 Å². The summed E-state index contributed by atoms with van der Waals surface area (Å²) < 4.78 is 15.7. The smallest absolute Gasteiger partial charge is 0.326 e. The summed E-state index contributed by atoms with van der Waals surface area (Å²) in [5.41, 5.74) is 0.763. The molecule has 7 nitrogen and oxygen atoms in total. The zero-order chi connectivity index (χ0) is 15.7. The minimum Gasteiger partial charge on any atom is -0.480 e. The number of likely N-dealkylation sites (tertiary alicyclic amines) is 1. The fourth-order valence-electron chi connectivity index (χ4n) is 2.81. The number of carbonyl (C=O) groups is 2. The van der Waals surface area contributed by atoms with Crippen molar-refractivity contribution in [2.75, 3.05) is 20.4 Å². The van der Waals surface area contributed by atoms with Crippen LogP contribution in [-0.2, 0) is 20.7 Å². The minimum absolute atomic E-state index is 0.122. The van der Waals surface area contributed by atoms with Gasteiger partial charge in [-0.2, -0.15) is 0 Å². The first-order chi connectivity index (χ1) is 10.6. The Morgan fingerprint density at radius 3 is 2.86 bits per heavy atom. The molecule has 1 aromatic rings. The normalized spacial score (nSPS) is 22.9. The zero-order valence-electron chi connectivity index (χ0n) is 12.2. The van der Waals surface area contributed by atoms with Gasteiger partial charge < -0.3 is 24.2 Å². The summed E-state index contributed by atoms with van der Waals surface area (Å²) in [6.45, 7) is 0.478. The Balaban J connectivity index is 1.72. The van der Waals surface area contributed by atoms with Gasteiger partial charge in [0.15, 0.2) is 11.5 Å². The number of amides is 1. The first-order valence-electron chi connectivity index (χ1n) is 7.02. The Labute approximate surface area is 127 Å². The Hall–Kier alpha value is -2.28. The molecule has 0 aromatic heterocycles. The van der Waals surface area contributed by atoms with E-state index >= 15 is 0 Å². The van der Waals surface area contributed by atoms with Crippen LogP contribution >= 0.6 is 0 Å². The molecule has 2 aliphatic heterocycles. The second kappa shape index (κ2) is 5.84. The number of carboxylic acid groups (broad SMARTS) is 1. The molecule has 0 radical (unpaired) electrons. The predicted octanol–water partition coefficient (Wildman–Crippen LogP) is 0.658. The fraction of sp³-hybridized carbons (Fsp3) is 0.467. The zero-order valence-corrected chi connectivity index (χ0v) is 12.2. The lowest BCUT2D eigenvalue weighted by atomic mass is 10.1. The van der Waals surface area contributed by atoms with E-state index in [1.165, 1.54) is 12.0 Å². The number of rotatable bonds is 4. The molecule has 1 fully saturated rings. The molecule has 2 atom stereocenters. The largest absolute Gasteiger partial charge is 0.480 e. The van der Waals surface area contributed by atoms with E-state index in [-0.39, 0.29) is 25.2 Å². The third-order valence-corrected chi connectivity index (χ3v) is 3.99. The lowest BCUT2D eigenvalue weighted by Crippen LogP contribution is -2.41. The highest BCUT2D eigenvalue weighted by Gasteiger charge is 2.39. The number of nitrogens with zero attached hydrogens (tertiary/aromatic N) is 1. The van der Waals surface area contributed by atoms with E-state index in [0.29, 0.717) is 24.5 Å². The predicted molar refractivity (Wildman–Crippen MR) is 74.8 cm³/mol. The standard InChI is InChI=1S/C15H17NO6/c1-20-10-6-11(15(18)19)16(7-10)14(17)5-9-2-3-12-13(4-9)22-8-21-12/h2-4,10-11H,5-8H2,1H3,(H,18,19). The molecule has 0 aliphatic carbocycles. The van der Waals surface area contributed by atoms with Crippen molar-refractivity contribution in [1.82, 2.24) is 4.90 Å². The molecule has 22 heavy (non-hydrogen) atoms. The monoisotopic (exact) mass is 307 g/mol. The number of carboxylic acids is 1. The second-order valence-electron chi connectivity index (χ2n) is 5.36. The summed E-state index contributed by atoms with van der Waals surface area (Å²) in [5, 5.41) is 9.25. The number of benzene rings is 1. The van der Waals surface area contributed by atoms with Gasteiger partial charge in [0.05, 0.1) is 12.5 Å². The average Bonchev–Trinajstić information content (AvgIpc) is 3.13. The summed E-state index contributed by atoms with van der Waals surface area (Å²) in [4.78, 5) is 25.1. The van der Waals surface area contributed by atoms with Crippen molar-refractivity contribution in [2.24, 2.45) is 0 Å². The molecular weight excluding hydrogens is 290 g/mol. The van der Waals surface area contributed by atoms with Gasteiger partial charge in [0.1, 0.15) is 6.04 Å². The van der Waals surface area contributed by atoms with Crippen LogP contribution in [0.4, 0.5) is 0 Å². The Morgan fingerprint density at radius 2 is 2.14 bits per heavy atom. The number of fused-ring (bicyclic) bond motifs is 1. The van der Waals surface area contributed by atoms with Crippen molar-refractivity contribution >= 4 is 11.9 Å². The van der Waals surface area contributed by atoms with Crippen LogP contribution in [0.1, 0.15) is 12.0 Å². The van der Waals surface area contributed by atoms with Crippen LogP contribution < -0.4 is 9.47 Å². The lowest BCUT2D eigenvalue weighted by Gasteiger charge is -2.21. The van der Waals surface area contributed by atoms with Gasteiger partial charge in [-0.25, -0.2) is 4.79 Å². The van der Waals surface area contributed by atoms with Crippen LogP contribution in [0.3, 0.4) is 0 Å². The number of ether oxygens (including phenoxy) is 3. The molecule has 118 valence electrons. The van der Waals surface area contributed by atoms with Gasteiger partial charge in [-0.1, -0.05) is 6.07 Å². The molecule has 1 aromatic carbocycles. The lowest BCUT2D eigenvalue weighted by molar-refractivity contribution is -0.148. The molecule has 0 saturated carbocycles. The van der Waals surface area contributed by atoms with Crippen molar-refractivity contribution < 1.29 is 28.9 Å². The minimum atomic E-state index is -1.00. The summed E-state index contributed by atoms with van der Waals surface area (Å²) >= 11 is 0. The SMILES string of the molecule is COC1CC(C(=O)O)N(C(=O)Cc2ccc3c(c2)OCO3)C1. The maximum absolute atomic E-state index is 12.4. The molecule has 2 aliphatic rings. The highest BCUT2D eigenvalue weighted by Crippen LogP contribution is 2.33. The highest BCUT2D eigenvalue weighted by atomic mass is 16.7. The topological polar surface area (TPSA) is 85.3 Å². The summed E-state index contributed by atoms with van der Waals surface area (Å²) in [7, 11) is 1.52. The van der Waals surface area contributed by atoms with Gasteiger partial charge in [-0.15, -0.1) is 0 Å². The van der Waals surface area contributed by atoms with Crippen molar-refractivity contribution in [3.63, 3.8) is 0 Å². The van der Waals surface area contributed by atoms with Crippen LogP contribution in [0.5, 0.6) is 11.5 Å². The van der Waals surface area contributed by atoms with Crippen LogP contribution in [-0.4, -0.2) is 54.5 Å². The molecule has 7 heteroatoms. The molecule has 1 saturated heterocycles. The Bertz CT molecular complexity index is 602. The summed E-state index contributed by atoms with van der Waals surface area (Å²) in [6.07, 6.45) is 0.206. The van der Waals surface area contributed by atoms with Crippen molar-refractivity contribution in [2.45, 2.75) is 25.0 Å². The number of aliphatic carboxylic acids is 1. The van der Waals surface area contributed by atoms with Gasteiger partial charge >= 0.3 is 5.97 Å². The van der Waals surface area contributed by atoms with E-state index in [9.17, 15) is 14.7 Å². The van der Waals surface area contributed by atoms with E-state index in [2.05, 4.69) is 0 Å². The molecule has 2 heterocycles. The Kier molecular flexibility index (Phi) is 3.89. The third kappa shape index (κ3) is 2.71.